The Morgan fingerprint density at radius 1 is 1.25 bits per heavy atom. The molecule has 120 valence electrons. The van der Waals surface area contributed by atoms with Crippen LogP contribution in [-0.2, 0) is 17.8 Å². The average molecular weight is 317 g/mol. The zero-order chi connectivity index (χ0) is 16.9. The lowest BCUT2D eigenvalue weighted by atomic mass is 10.1. The molecule has 0 bridgehead atoms. The molecule has 2 aromatic carbocycles. The quantitative estimate of drug-likeness (QED) is 0.696. The van der Waals surface area contributed by atoms with Crippen LogP contribution in [0.2, 0.25) is 0 Å². The van der Waals surface area contributed by atoms with Crippen molar-refractivity contribution in [3.63, 3.8) is 0 Å². The number of para-hydroxylation sites is 1. The standard InChI is InChI=1S/C20H19N3O/c1-15-11-17-9-5-6-10-19(17)23(15)14-18(12-21)20(24)22-13-16-7-3-2-4-8-16/h2-10,14-15H,11,13H2,1H3,(H,22,24)/b18-14-. The lowest BCUT2D eigenvalue weighted by Crippen LogP contribution is -2.28. The van der Waals surface area contributed by atoms with Crippen molar-refractivity contribution in [2.24, 2.45) is 0 Å². The van der Waals surface area contributed by atoms with Crippen LogP contribution < -0.4 is 10.2 Å². The number of rotatable bonds is 4. The van der Waals surface area contributed by atoms with E-state index in [1.54, 1.807) is 6.20 Å². The Hall–Kier alpha value is -3.06. The molecule has 3 rings (SSSR count). The first-order chi connectivity index (χ1) is 11.7. The van der Waals surface area contributed by atoms with Gasteiger partial charge < -0.3 is 10.2 Å². The Morgan fingerprint density at radius 3 is 2.71 bits per heavy atom. The fourth-order valence-corrected chi connectivity index (χ4v) is 2.94. The Kier molecular flexibility index (Phi) is 4.62. The monoisotopic (exact) mass is 317 g/mol. The number of hydrogen-bond donors (Lipinski definition) is 1. The van der Waals surface area contributed by atoms with Gasteiger partial charge in [-0.05, 0) is 30.5 Å². The van der Waals surface area contributed by atoms with E-state index in [9.17, 15) is 10.1 Å². The van der Waals surface area contributed by atoms with Crippen molar-refractivity contribution < 1.29 is 4.79 Å². The van der Waals surface area contributed by atoms with Gasteiger partial charge in [0.05, 0.1) is 0 Å². The molecule has 0 aromatic heterocycles. The Balaban J connectivity index is 1.75. The predicted octanol–water partition coefficient (Wildman–Crippen LogP) is 3.16. The minimum Gasteiger partial charge on any atom is -0.347 e. The molecule has 24 heavy (non-hydrogen) atoms. The lowest BCUT2D eigenvalue weighted by Gasteiger charge is -2.20. The number of amides is 1. The predicted molar refractivity (Wildman–Crippen MR) is 94.1 cm³/mol. The second kappa shape index (κ2) is 7.01. The second-order valence-electron chi connectivity index (χ2n) is 5.91. The Labute approximate surface area is 142 Å². The third-order valence-electron chi connectivity index (χ3n) is 4.19. The van der Waals surface area contributed by atoms with Gasteiger partial charge in [0.25, 0.3) is 5.91 Å². The number of hydrogen-bond acceptors (Lipinski definition) is 3. The minimum absolute atomic E-state index is 0.120. The third kappa shape index (κ3) is 3.31. The van der Waals surface area contributed by atoms with Gasteiger partial charge in [0.1, 0.15) is 11.6 Å². The number of carbonyl (C=O) groups is 1. The van der Waals surface area contributed by atoms with Crippen LogP contribution in [0, 0.1) is 11.3 Å². The molecule has 0 saturated carbocycles. The molecule has 1 aliphatic rings. The maximum atomic E-state index is 12.3. The second-order valence-corrected chi connectivity index (χ2v) is 5.91. The van der Waals surface area contributed by atoms with Gasteiger partial charge in [0, 0.05) is 24.5 Å². The summed E-state index contributed by atoms with van der Waals surface area (Å²) in [5.74, 6) is -0.349. The van der Waals surface area contributed by atoms with E-state index in [2.05, 4.69) is 18.3 Å². The van der Waals surface area contributed by atoms with Crippen LogP contribution in [0.1, 0.15) is 18.1 Å². The zero-order valence-corrected chi connectivity index (χ0v) is 13.6. The smallest absolute Gasteiger partial charge is 0.263 e. The summed E-state index contributed by atoms with van der Waals surface area (Å²) in [7, 11) is 0. The molecule has 1 unspecified atom stereocenters. The maximum Gasteiger partial charge on any atom is 0.263 e. The first kappa shape index (κ1) is 15.8. The number of carbonyl (C=O) groups excluding carboxylic acids is 1. The average Bonchev–Trinajstić information content (AvgIpc) is 2.93. The van der Waals surface area contributed by atoms with Gasteiger partial charge in [-0.15, -0.1) is 0 Å². The van der Waals surface area contributed by atoms with Crippen molar-refractivity contribution in [1.82, 2.24) is 5.32 Å². The fourth-order valence-electron chi connectivity index (χ4n) is 2.94. The number of fused-ring (bicyclic) bond motifs is 1. The summed E-state index contributed by atoms with van der Waals surface area (Å²) in [4.78, 5) is 14.3. The summed E-state index contributed by atoms with van der Waals surface area (Å²) in [6.07, 6.45) is 2.58. The van der Waals surface area contributed by atoms with E-state index in [-0.39, 0.29) is 17.5 Å². The van der Waals surface area contributed by atoms with E-state index in [0.717, 1.165) is 17.7 Å². The van der Waals surface area contributed by atoms with Crippen molar-refractivity contribution in [3.8, 4) is 6.07 Å². The molecule has 0 spiro atoms. The van der Waals surface area contributed by atoms with Gasteiger partial charge in [-0.1, -0.05) is 48.5 Å². The summed E-state index contributed by atoms with van der Waals surface area (Å²) in [5, 5.41) is 12.2. The number of anilines is 1. The highest BCUT2D eigenvalue weighted by Crippen LogP contribution is 2.32. The maximum absolute atomic E-state index is 12.3. The fraction of sp³-hybridized carbons (Fsp3) is 0.200. The van der Waals surface area contributed by atoms with Crippen LogP contribution in [0.4, 0.5) is 5.69 Å². The number of nitriles is 1. The van der Waals surface area contributed by atoms with Gasteiger partial charge >= 0.3 is 0 Å². The molecule has 1 heterocycles. The summed E-state index contributed by atoms with van der Waals surface area (Å²) in [5.41, 5.74) is 3.43. The van der Waals surface area contributed by atoms with Crippen molar-refractivity contribution in [3.05, 3.63) is 77.5 Å². The van der Waals surface area contributed by atoms with Gasteiger partial charge in [0.15, 0.2) is 0 Å². The molecule has 1 atom stereocenters. The molecule has 0 aliphatic carbocycles. The van der Waals surface area contributed by atoms with Crippen molar-refractivity contribution in [2.75, 3.05) is 4.90 Å². The Morgan fingerprint density at radius 2 is 1.96 bits per heavy atom. The molecule has 1 aliphatic heterocycles. The summed E-state index contributed by atoms with van der Waals surface area (Å²) >= 11 is 0. The molecular weight excluding hydrogens is 298 g/mol. The molecule has 2 aromatic rings. The molecule has 4 heteroatoms. The number of benzene rings is 2. The van der Waals surface area contributed by atoms with Gasteiger partial charge in [-0.3, -0.25) is 4.79 Å². The molecule has 0 radical (unpaired) electrons. The van der Waals surface area contributed by atoms with Gasteiger partial charge in [-0.25, -0.2) is 0 Å². The van der Waals surface area contributed by atoms with E-state index in [1.807, 2.05) is 59.5 Å². The zero-order valence-electron chi connectivity index (χ0n) is 13.6. The summed E-state index contributed by atoms with van der Waals surface area (Å²) in [6.45, 7) is 2.50. The topological polar surface area (TPSA) is 56.1 Å². The van der Waals surface area contributed by atoms with E-state index >= 15 is 0 Å². The molecule has 4 nitrogen and oxygen atoms in total. The highest BCUT2D eigenvalue weighted by atomic mass is 16.1. The summed E-state index contributed by atoms with van der Waals surface area (Å²) in [6, 6.07) is 20.0. The van der Waals surface area contributed by atoms with Crippen molar-refractivity contribution in [2.45, 2.75) is 25.9 Å². The van der Waals surface area contributed by atoms with E-state index in [1.165, 1.54) is 5.56 Å². The van der Waals surface area contributed by atoms with Crippen molar-refractivity contribution >= 4 is 11.6 Å². The van der Waals surface area contributed by atoms with Crippen LogP contribution in [0.25, 0.3) is 0 Å². The first-order valence-corrected chi connectivity index (χ1v) is 7.99. The lowest BCUT2D eigenvalue weighted by molar-refractivity contribution is -0.117. The molecule has 1 N–H and O–H groups in total. The first-order valence-electron chi connectivity index (χ1n) is 7.99. The van der Waals surface area contributed by atoms with Crippen molar-refractivity contribution in [1.29, 1.82) is 5.26 Å². The highest BCUT2D eigenvalue weighted by Gasteiger charge is 2.25. The highest BCUT2D eigenvalue weighted by molar-refractivity contribution is 5.97. The van der Waals surface area contributed by atoms with E-state index in [4.69, 9.17) is 0 Å². The van der Waals surface area contributed by atoms with Gasteiger partial charge in [0.2, 0.25) is 0 Å². The van der Waals surface area contributed by atoms with Gasteiger partial charge in [-0.2, -0.15) is 5.26 Å². The largest absolute Gasteiger partial charge is 0.347 e. The third-order valence-corrected chi connectivity index (χ3v) is 4.19. The minimum atomic E-state index is -0.349. The Bertz CT molecular complexity index is 805. The van der Waals surface area contributed by atoms with E-state index < -0.39 is 0 Å². The molecular formula is C20H19N3O. The molecule has 1 amide bonds. The summed E-state index contributed by atoms with van der Waals surface area (Å²) < 4.78 is 0. The van der Waals surface area contributed by atoms with Crippen LogP contribution >= 0.6 is 0 Å². The number of nitrogens with one attached hydrogen (secondary N) is 1. The van der Waals surface area contributed by atoms with Crippen LogP contribution in [0.15, 0.2) is 66.4 Å². The van der Waals surface area contributed by atoms with Crippen LogP contribution in [0.3, 0.4) is 0 Å². The van der Waals surface area contributed by atoms with E-state index in [0.29, 0.717) is 6.54 Å². The van der Waals surface area contributed by atoms with Crippen LogP contribution in [-0.4, -0.2) is 11.9 Å². The van der Waals surface area contributed by atoms with Crippen LogP contribution in [0.5, 0.6) is 0 Å². The molecule has 0 fully saturated rings. The number of nitrogens with zero attached hydrogens (tertiary/aromatic N) is 2. The normalized spacial score (nSPS) is 16.4. The SMILES string of the molecule is CC1Cc2ccccc2N1/C=C(/C#N)C(=O)NCc1ccccc1. The molecule has 0 saturated heterocycles.